The molecule has 9 nitrogen and oxygen atoms in total. The van der Waals surface area contributed by atoms with Gasteiger partial charge in [0.1, 0.15) is 29.1 Å². The van der Waals surface area contributed by atoms with Crippen LogP contribution in [0.4, 0.5) is 19.3 Å². The molecule has 0 saturated carbocycles. The number of amides is 3. The molecule has 0 radical (unpaired) electrons. The van der Waals surface area contributed by atoms with E-state index in [1.807, 2.05) is 0 Å². The van der Waals surface area contributed by atoms with Crippen LogP contribution in [0.3, 0.4) is 0 Å². The monoisotopic (exact) mass is 421 g/mol. The first-order valence-electron chi connectivity index (χ1n) is 8.11. The van der Waals surface area contributed by atoms with Gasteiger partial charge >= 0.3 is 6.03 Å². The zero-order valence-electron chi connectivity index (χ0n) is 14.8. The molecule has 150 valence electrons. The molecule has 1 aromatic heterocycles. The topological polar surface area (TPSA) is 132 Å². The highest BCUT2D eigenvalue weighted by Crippen LogP contribution is 2.30. The normalized spacial score (nSPS) is 15.7. The van der Waals surface area contributed by atoms with Crippen molar-refractivity contribution in [2.75, 3.05) is 11.9 Å². The number of hydrogen-bond acceptors (Lipinski definition) is 6. The smallest absolute Gasteiger partial charge is 0.336 e. The lowest BCUT2D eigenvalue weighted by molar-refractivity contribution is -0.121. The molecule has 3 amide bonds. The second kappa shape index (κ2) is 7.44. The number of halogens is 2. The molecule has 3 rings (SSSR count). The molecule has 2 heterocycles. The van der Waals surface area contributed by atoms with E-state index in [0.717, 1.165) is 30.5 Å². The van der Waals surface area contributed by atoms with Gasteiger partial charge in [0.15, 0.2) is 0 Å². The molecule has 0 saturated heterocycles. The zero-order chi connectivity index (χ0) is 21.3. The summed E-state index contributed by atoms with van der Waals surface area (Å²) in [5.74, 6) is -2.57. The molecule has 0 spiro atoms. The number of urea groups is 1. The van der Waals surface area contributed by atoms with Crippen LogP contribution in [0.15, 0.2) is 35.4 Å². The van der Waals surface area contributed by atoms with E-state index in [9.17, 15) is 26.8 Å². The maximum Gasteiger partial charge on any atom is 0.336 e. The van der Waals surface area contributed by atoms with Gasteiger partial charge < -0.3 is 10.6 Å². The first-order chi connectivity index (χ1) is 13.6. The van der Waals surface area contributed by atoms with Gasteiger partial charge in [-0.15, -0.1) is 0 Å². The van der Waals surface area contributed by atoms with Crippen molar-refractivity contribution in [1.29, 1.82) is 5.26 Å². The molecule has 0 unspecified atom stereocenters. The minimum absolute atomic E-state index is 0.00763. The fraction of sp³-hybridized carbons (Fsp3) is 0.176. The summed E-state index contributed by atoms with van der Waals surface area (Å²) in [5.41, 5.74) is -0.284. The number of hydrogen-bond donors (Lipinski definition) is 2. The minimum atomic E-state index is -4.47. The number of anilines is 1. The summed E-state index contributed by atoms with van der Waals surface area (Å²) in [7, 11) is -4.47. The Hall–Kier alpha value is -3.59. The van der Waals surface area contributed by atoms with Crippen LogP contribution in [0, 0.1) is 23.0 Å². The highest BCUT2D eigenvalue weighted by molar-refractivity contribution is 7.90. The van der Waals surface area contributed by atoms with E-state index in [2.05, 4.69) is 15.6 Å². The van der Waals surface area contributed by atoms with Crippen molar-refractivity contribution >= 4 is 27.6 Å². The molecule has 12 heteroatoms. The molecule has 1 aliphatic heterocycles. The number of nitriles is 1. The number of carbonyl (C=O) groups excluding carboxylic acids is 2. The quantitative estimate of drug-likeness (QED) is 0.771. The Bertz CT molecular complexity index is 1160. The van der Waals surface area contributed by atoms with Gasteiger partial charge in [0.25, 0.3) is 10.0 Å². The second-order valence-corrected chi connectivity index (χ2v) is 7.91. The van der Waals surface area contributed by atoms with Crippen molar-refractivity contribution in [2.45, 2.75) is 17.9 Å². The minimum Gasteiger partial charge on any atom is -0.346 e. The van der Waals surface area contributed by atoms with E-state index in [0.29, 0.717) is 0 Å². The molecular weight excluding hydrogens is 408 g/mol. The molecule has 0 fully saturated rings. The number of nitrogens with zero attached hydrogens (tertiary/aromatic N) is 3. The number of sulfonamides is 1. The van der Waals surface area contributed by atoms with Crippen LogP contribution in [0.1, 0.15) is 24.2 Å². The van der Waals surface area contributed by atoms with Crippen molar-refractivity contribution in [3.8, 4) is 6.07 Å². The number of fused-ring (bicyclic) bond motifs is 1. The van der Waals surface area contributed by atoms with Gasteiger partial charge in [0.2, 0.25) is 5.91 Å². The number of carbonyl (C=O) groups is 2. The Morgan fingerprint density at radius 2 is 2.10 bits per heavy atom. The Morgan fingerprint density at radius 3 is 2.76 bits per heavy atom. The van der Waals surface area contributed by atoms with E-state index < -0.39 is 51.1 Å². The third-order valence-electron chi connectivity index (χ3n) is 4.05. The summed E-state index contributed by atoms with van der Waals surface area (Å²) < 4.78 is 52.9. The van der Waals surface area contributed by atoms with Crippen molar-refractivity contribution in [2.24, 2.45) is 0 Å². The van der Waals surface area contributed by atoms with Crippen molar-refractivity contribution in [3.63, 3.8) is 0 Å². The number of pyridine rings is 1. The maximum atomic E-state index is 14.0. The Balaban J connectivity index is 1.78. The van der Waals surface area contributed by atoms with E-state index >= 15 is 0 Å². The SMILES string of the molecule is C[C@H](NC(=O)CN1C(=O)Nc2ccc(F)cc2S1(=O)=O)c1ncc(C#N)cc1F. The Labute approximate surface area is 164 Å². The second-order valence-electron chi connectivity index (χ2n) is 6.07. The molecule has 1 atom stereocenters. The van der Waals surface area contributed by atoms with Gasteiger partial charge in [0, 0.05) is 6.20 Å². The summed E-state index contributed by atoms with van der Waals surface area (Å²) in [6.07, 6.45) is 1.12. The summed E-state index contributed by atoms with van der Waals surface area (Å²) in [5, 5.41) is 13.3. The number of aromatic nitrogens is 1. The van der Waals surface area contributed by atoms with Crippen molar-refractivity contribution in [3.05, 3.63) is 53.4 Å². The summed E-state index contributed by atoms with van der Waals surface area (Å²) in [4.78, 5) is 27.7. The third-order valence-corrected chi connectivity index (χ3v) is 5.82. The lowest BCUT2D eigenvalue weighted by atomic mass is 10.1. The average molecular weight is 421 g/mol. The van der Waals surface area contributed by atoms with E-state index in [4.69, 9.17) is 5.26 Å². The maximum absolute atomic E-state index is 14.0. The van der Waals surface area contributed by atoms with Crippen LogP contribution in [-0.2, 0) is 14.8 Å². The van der Waals surface area contributed by atoms with Crippen LogP contribution >= 0.6 is 0 Å². The highest BCUT2D eigenvalue weighted by atomic mass is 32.2. The van der Waals surface area contributed by atoms with Gasteiger partial charge in [-0.2, -0.15) is 5.26 Å². The van der Waals surface area contributed by atoms with Crippen LogP contribution in [0.5, 0.6) is 0 Å². The van der Waals surface area contributed by atoms with E-state index in [1.165, 1.54) is 6.92 Å². The molecule has 29 heavy (non-hydrogen) atoms. The lowest BCUT2D eigenvalue weighted by Crippen LogP contribution is -2.49. The van der Waals surface area contributed by atoms with Crippen molar-refractivity contribution < 1.29 is 26.8 Å². The fourth-order valence-corrected chi connectivity index (χ4v) is 4.14. The number of benzene rings is 1. The fourth-order valence-electron chi connectivity index (χ4n) is 2.69. The van der Waals surface area contributed by atoms with Crippen LogP contribution < -0.4 is 10.6 Å². The summed E-state index contributed by atoms with van der Waals surface area (Å²) >= 11 is 0. The van der Waals surface area contributed by atoms with Crippen LogP contribution in [0.2, 0.25) is 0 Å². The molecule has 0 bridgehead atoms. The van der Waals surface area contributed by atoms with Gasteiger partial charge in [-0.05, 0) is 31.2 Å². The standard InChI is InChI=1S/C17H13F2N5O4S/c1-9(16-12(19)4-10(6-20)7-21-16)22-15(25)8-24-17(26)23-13-3-2-11(18)5-14(13)29(24,27)28/h2-5,7,9H,8H2,1H3,(H,22,25)(H,23,26)/t9-/m0/s1. The van der Waals surface area contributed by atoms with E-state index in [-0.39, 0.29) is 21.2 Å². The zero-order valence-corrected chi connectivity index (χ0v) is 15.6. The molecule has 1 aliphatic rings. The Morgan fingerprint density at radius 1 is 1.38 bits per heavy atom. The molecule has 2 N–H and O–H groups in total. The van der Waals surface area contributed by atoms with Crippen LogP contribution in [0.25, 0.3) is 0 Å². The predicted molar refractivity (Wildman–Crippen MR) is 94.8 cm³/mol. The number of nitrogens with one attached hydrogen (secondary N) is 2. The number of rotatable bonds is 4. The summed E-state index contributed by atoms with van der Waals surface area (Å²) in [6.45, 7) is 0.483. The largest absolute Gasteiger partial charge is 0.346 e. The molecule has 0 aliphatic carbocycles. The summed E-state index contributed by atoms with van der Waals surface area (Å²) in [6, 6.07) is 3.41. The first kappa shape index (κ1) is 20.2. The van der Waals surface area contributed by atoms with Crippen molar-refractivity contribution in [1.82, 2.24) is 14.6 Å². The van der Waals surface area contributed by atoms with E-state index in [1.54, 1.807) is 6.07 Å². The average Bonchev–Trinajstić information content (AvgIpc) is 2.65. The predicted octanol–water partition coefficient (Wildman–Crippen LogP) is 1.65. The van der Waals surface area contributed by atoms with Gasteiger partial charge in [-0.25, -0.2) is 26.3 Å². The van der Waals surface area contributed by atoms with Gasteiger partial charge in [-0.3, -0.25) is 9.78 Å². The molecule has 1 aromatic carbocycles. The third kappa shape index (κ3) is 3.85. The van der Waals surface area contributed by atoms with Gasteiger partial charge in [0.05, 0.1) is 23.0 Å². The van der Waals surface area contributed by atoms with Gasteiger partial charge in [-0.1, -0.05) is 0 Å². The Kier molecular flexibility index (Phi) is 5.17. The first-order valence-corrected chi connectivity index (χ1v) is 9.55. The highest BCUT2D eigenvalue weighted by Gasteiger charge is 2.38. The molecular formula is C17H13F2N5O4S. The van der Waals surface area contributed by atoms with Crippen LogP contribution in [-0.4, -0.2) is 36.2 Å². The lowest BCUT2D eigenvalue weighted by Gasteiger charge is -2.28. The molecule has 2 aromatic rings.